The molecule has 0 unspecified atom stereocenters. The molecule has 0 bridgehead atoms. The first-order valence-electron chi connectivity index (χ1n) is 8.08. The van der Waals surface area contributed by atoms with Gasteiger partial charge < -0.3 is 10.1 Å². The predicted molar refractivity (Wildman–Crippen MR) is 98.9 cm³/mol. The van der Waals surface area contributed by atoms with Crippen LogP contribution in [0.15, 0.2) is 36.4 Å². The van der Waals surface area contributed by atoms with Crippen molar-refractivity contribution < 1.29 is 13.9 Å². The monoisotopic (exact) mass is 358 g/mol. The van der Waals surface area contributed by atoms with Crippen molar-refractivity contribution in [2.75, 3.05) is 11.9 Å². The van der Waals surface area contributed by atoms with E-state index in [1.165, 1.54) is 23.5 Å². The molecule has 0 fully saturated rings. The van der Waals surface area contributed by atoms with Crippen molar-refractivity contribution in [3.8, 4) is 5.75 Å². The van der Waals surface area contributed by atoms with E-state index < -0.39 is 0 Å². The standard InChI is InChI=1S/C19H19FN2O2S/c1-12-5-3-6-13(2)18(12)24-10-4-7-17(23)22-19-21-15-9-8-14(20)11-16(15)25-19/h3,5-6,8-9,11H,4,7,10H2,1-2H3,(H,21,22,23). The molecule has 25 heavy (non-hydrogen) atoms. The van der Waals surface area contributed by atoms with Crippen molar-refractivity contribution in [3.05, 3.63) is 53.3 Å². The summed E-state index contributed by atoms with van der Waals surface area (Å²) < 4.78 is 19.7. The molecular formula is C19H19FN2O2S. The van der Waals surface area contributed by atoms with Crippen LogP contribution in [-0.2, 0) is 4.79 Å². The number of thiazole rings is 1. The minimum Gasteiger partial charge on any atom is -0.493 e. The summed E-state index contributed by atoms with van der Waals surface area (Å²) in [6.07, 6.45) is 0.953. The topological polar surface area (TPSA) is 51.2 Å². The van der Waals surface area contributed by atoms with Gasteiger partial charge in [0, 0.05) is 6.42 Å². The van der Waals surface area contributed by atoms with Gasteiger partial charge in [-0.3, -0.25) is 4.79 Å². The second kappa shape index (κ2) is 7.61. The van der Waals surface area contributed by atoms with Crippen molar-refractivity contribution >= 4 is 32.6 Å². The molecule has 1 N–H and O–H groups in total. The molecule has 3 aromatic rings. The summed E-state index contributed by atoms with van der Waals surface area (Å²) in [5.41, 5.74) is 2.86. The molecule has 0 atom stereocenters. The van der Waals surface area contributed by atoms with Crippen LogP contribution in [-0.4, -0.2) is 17.5 Å². The van der Waals surface area contributed by atoms with Gasteiger partial charge >= 0.3 is 0 Å². The summed E-state index contributed by atoms with van der Waals surface area (Å²) in [4.78, 5) is 16.3. The van der Waals surface area contributed by atoms with E-state index in [-0.39, 0.29) is 11.7 Å². The first-order valence-corrected chi connectivity index (χ1v) is 8.89. The number of para-hydroxylation sites is 1. The zero-order valence-electron chi connectivity index (χ0n) is 14.1. The Bertz CT molecular complexity index is 887. The third-order valence-corrected chi connectivity index (χ3v) is 4.73. The maximum atomic E-state index is 13.2. The first-order chi connectivity index (χ1) is 12.0. The molecule has 0 saturated carbocycles. The Labute approximate surface area is 149 Å². The van der Waals surface area contributed by atoms with E-state index in [0.717, 1.165) is 16.9 Å². The van der Waals surface area contributed by atoms with Gasteiger partial charge in [-0.15, -0.1) is 0 Å². The zero-order chi connectivity index (χ0) is 17.8. The van der Waals surface area contributed by atoms with E-state index in [2.05, 4.69) is 10.3 Å². The van der Waals surface area contributed by atoms with Crippen molar-refractivity contribution in [2.45, 2.75) is 26.7 Å². The summed E-state index contributed by atoms with van der Waals surface area (Å²) in [5, 5.41) is 3.25. The Hall–Kier alpha value is -2.47. The maximum Gasteiger partial charge on any atom is 0.226 e. The number of nitrogens with one attached hydrogen (secondary N) is 1. The van der Waals surface area contributed by atoms with Gasteiger partial charge in [-0.05, 0) is 49.6 Å². The second-order valence-electron chi connectivity index (χ2n) is 5.85. The number of hydrogen-bond acceptors (Lipinski definition) is 4. The highest BCUT2D eigenvalue weighted by Crippen LogP contribution is 2.26. The van der Waals surface area contributed by atoms with Gasteiger partial charge in [-0.1, -0.05) is 29.5 Å². The van der Waals surface area contributed by atoms with E-state index in [4.69, 9.17) is 4.74 Å². The molecule has 0 aliphatic rings. The molecule has 6 heteroatoms. The molecule has 1 aromatic heterocycles. The Balaban J connectivity index is 1.49. The second-order valence-corrected chi connectivity index (χ2v) is 6.88. The van der Waals surface area contributed by atoms with Crippen molar-refractivity contribution in [1.29, 1.82) is 0 Å². The lowest BCUT2D eigenvalue weighted by Crippen LogP contribution is -2.12. The first kappa shape index (κ1) is 17.4. The number of carbonyl (C=O) groups excluding carboxylic acids is 1. The van der Waals surface area contributed by atoms with Gasteiger partial charge in [0.05, 0.1) is 16.8 Å². The van der Waals surface area contributed by atoms with Crippen LogP contribution in [0.5, 0.6) is 5.75 Å². The zero-order valence-corrected chi connectivity index (χ0v) is 15.0. The number of anilines is 1. The van der Waals surface area contributed by atoms with E-state index in [9.17, 15) is 9.18 Å². The molecule has 3 rings (SSSR count). The number of carbonyl (C=O) groups is 1. The number of fused-ring (bicyclic) bond motifs is 1. The Morgan fingerprint density at radius 2 is 2.00 bits per heavy atom. The minimum atomic E-state index is -0.308. The number of hydrogen-bond donors (Lipinski definition) is 1. The summed E-state index contributed by atoms with van der Waals surface area (Å²) in [7, 11) is 0. The van der Waals surface area contributed by atoms with Crippen LogP contribution in [0.4, 0.5) is 9.52 Å². The van der Waals surface area contributed by atoms with Crippen LogP contribution >= 0.6 is 11.3 Å². The predicted octanol–water partition coefficient (Wildman–Crippen LogP) is 4.85. The number of nitrogens with zero attached hydrogens (tertiary/aromatic N) is 1. The third kappa shape index (κ3) is 4.33. The number of rotatable bonds is 6. The van der Waals surface area contributed by atoms with E-state index in [1.54, 1.807) is 6.07 Å². The van der Waals surface area contributed by atoms with Crippen LogP contribution in [0.2, 0.25) is 0 Å². The van der Waals surface area contributed by atoms with Crippen molar-refractivity contribution in [3.63, 3.8) is 0 Å². The smallest absolute Gasteiger partial charge is 0.226 e. The number of ether oxygens (including phenoxy) is 1. The fraction of sp³-hybridized carbons (Fsp3) is 0.263. The average molecular weight is 358 g/mol. The van der Waals surface area contributed by atoms with Gasteiger partial charge in [0.2, 0.25) is 5.91 Å². The van der Waals surface area contributed by atoms with Gasteiger partial charge in [0.25, 0.3) is 0 Å². The van der Waals surface area contributed by atoms with E-state index in [0.29, 0.717) is 34.8 Å². The minimum absolute atomic E-state index is 0.121. The average Bonchev–Trinajstić information content (AvgIpc) is 2.94. The molecule has 1 heterocycles. The largest absolute Gasteiger partial charge is 0.493 e. The summed E-state index contributed by atoms with van der Waals surface area (Å²) >= 11 is 1.27. The Morgan fingerprint density at radius 3 is 2.76 bits per heavy atom. The molecule has 0 spiro atoms. The molecule has 0 aliphatic heterocycles. The highest BCUT2D eigenvalue weighted by atomic mass is 32.1. The lowest BCUT2D eigenvalue weighted by molar-refractivity contribution is -0.116. The van der Waals surface area contributed by atoms with Crippen LogP contribution in [0.1, 0.15) is 24.0 Å². The van der Waals surface area contributed by atoms with Crippen LogP contribution in [0.25, 0.3) is 10.2 Å². The summed E-state index contributed by atoms with van der Waals surface area (Å²) in [6.45, 7) is 4.49. The number of benzene rings is 2. The lowest BCUT2D eigenvalue weighted by atomic mass is 10.1. The van der Waals surface area contributed by atoms with Gasteiger partial charge in [0.15, 0.2) is 5.13 Å². The van der Waals surface area contributed by atoms with E-state index in [1.807, 2.05) is 32.0 Å². The number of aromatic nitrogens is 1. The van der Waals surface area contributed by atoms with Crippen molar-refractivity contribution in [2.24, 2.45) is 0 Å². The molecule has 0 saturated heterocycles. The van der Waals surface area contributed by atoms with Crippen LogP contribution < -0.4 is 10.1 Å². The number of amides is 1. The Morgan fingerprint density at radius 1 is 1.24 bits per heavy atom. The fourth-order valence-corrected chi connectivity index (χ4v) is 3.47. The highest BCUT2D eigenvalue weighted by Gasteiger charge is 2.09. The van der Waals surface area contributed by atoms with Crippen molar-refractivity contribution in [1.82, 2.24) is 4.98 Å². The normalized spacial score (nSPS) is 10.8. The van der Waals surface area contributed by atoms with Crippen LogP contribution in [0, 0.1) is 19.7 Å². The lowest BCUT2D eigenvalue weighted by Gasteiger charge is -2.11. The summed E-state index contributed by atoms with van der Waals surface area (Å²) in [5.74, 6) is 0.457. The van der Waals surface area contributed by atoms with E-state index >= 15 is 0 Å². The fourth-order valence-electron chi connectivity index (χ4n) is 2.57. The van der Waals surface area contributed by atoms with Gasteiger partial charge in [-0.2, -0.15) is 0 Å². The molecule has 1 amide bonds. The van der Waals surface area contributed by atoms with Gasteiger partial charge in [-0.25, -0.2) is 9.37 Å². The molecule has 0 aliphatic carbocycles. The molecule has 0 radical (unpaired) electrons. The summed E-state index contributed by atoms with van der Waals surface area (Å²) in [6, 6.07) is 10.4. The molecule has 4 nitrogen and oxygen atoms in total. The maximum absolute atomic E-state index is 13.2. The number of halogens is 1. The molecular weight excluding hydrogens is 339 g/mol. The quantitative estimate of drug-likeness (QED) is 0.641. The third-order valence-electron chi connectivity index (χ3n) is 3.80. The SMILES string of the molecule is Cc1cccc(C)c1OCCCC(=O)Nc1nc2ccc(F)cc2s1. The van der Waals surface area contributed by atoms with Crippen LogP contribution in [0.3, 0.4) is 0 Å². The molecule has 130 valence electrons. The Kier molecular flexibility index (Phi) is 5.28. The van der Waals surface area contributed by atoms with Gasteiger partial charge in [0.1, 0.15) is 11.6 Å². The molecule has 2 aromatic carbocycles. The number of aryl methyl sites for hydroxylation is 2. The highest BCUT2D eigenvalue weighted by molar-refractivity contribution is 7.22.